The number of carbonyl (C=O) groups excluding carboxylic acids is 2. The van der Waals surface area contributed by atoms with Crippen molar-refractivity contribution in [1.82, 2.24) is 51.6 Å². The summed E-state index contributed by atoms with van der Waals surface area (Å²) in [4.78, 5) is 31.1. The molecule has 1 unspecified atom stereocenters. The number of allylic oxidation sites excluding steroid dienone is 4. The Morgan fingerprint density at radius 3 is 1.47 bits per heavy atom. The molecule has 0 saturated carbocycles. The molecule has 0 aliphatic heterocycles. The van der Waals surface area contributed by atoms with Crippen molar-refractivity contribution in [2.24, 2.45) is 0 Å². The number of aromatic nitrogens is 6. The van der Waals surface area contributed by atoms with Crippen LogP contribution in [0.4, 0.5) is 9.59 Å². The lowest BCUT2D eigenvalue weighted by Gasteiger charge is -2.06. The number of hydrogen-bond donors (Lipinski definition) is 6. The molecule has 55 heavy (non-hydrogen) atoms. The van der Waals surface area contributed by atoms with E-state index in [2.05, 4.69) is 89.8 Å². The number of thioether (sulfide) groups is 1. The third-order valence-electron chi connectivity index (χ3n) is 8.59. The molecule has 0 bridgehead atoms. The Labute approximate surface area is 339 Å². The number of unbranched alkanes of at least 4 members (excludes halogenated alkanes) is 16. The van der Waals surface area contributed by atoms with Crippen molar-refractivity contribution in [3.8, 4) is 0 Å². The van der Waals surface area contributed by atoms with E-state index in [0.29, 0.717) is 10.9 Å². The molecule has 2 heterocycles. The van der Waals surface area contributed by atoms with Crippen LogP contribution in [-0.2, 0) is 10.8 Å². The van der Waals surface area contributed by atoms with Gasteiger partial charge >= 0.3 is 12.1 Å². The number of urea groups is 2. The number of nitrogens with zero attached hydrogens (tertiary/aromatic N) is 4. The van der Waals surface area contributed by atoms with Crippen LogP contribution in [0, 0.1) is 0 Å². The monoisotopic (exact) mass is 807 g/mol. The smallest absolute Gasteiger partial charge is 0.314 e. The third kappa shape index (κ3) is 33.8. The average Bonchev–Trinajstić information content (AvgIpc) is 3.93. The first-order valence-electron chi connectivity index (χ1n) is 21.1. The minimum Gasteiger partial charge on any atom is -0.338 e. The summed E-state index contributed by atoms with van der Waals surface area (Å²) in [5, 5.41) is 26.1. The Kier molecular flexibility index (Phi) is 35.4. The third-order valence-corrected chi connectivity index (χ3v) is 10.8. The fourth-order valence-electron chi connectivity index (χ4n) is 5.33. The minimum absolute atomic E-state index is 0.0270. The van der Waals surface area contributed by atoms with Gasteiger partial charge in [0.05, 0.1) is 10.8 Å². The lowest BCUT2D eigenvalue weighted by molar-refractivity contribution is 0.239. The van der Waals surface area contributed by atoms with Gasteiger partial charge in [0.25, 0.3) is 0 Å². The predicted molar refractivity (Wildman–Crippen MR) is 229 cm³/mol. The Morgan fingerprint density at radius 1 is 0.582 bits per heavy atom. The molecule has 4 amide bonds. The molecule has 0 radical (unpaired) electrons. The van der Waals surface area contributed by atoms with Gasteiger partial charge in [-0.1, -0.05) is 101 Å². The maximum Gasteiger partial charge on any atom is 0.314 e. The van der Waals surface area contributed by atoms with Crippen LogP contribution >= 0.6 is 11.8 Å². The van der Waals surface area contributed by atoms with Gasteiger partial charge < -0.3 is 21.3 Å². The average molecular weight is 807 g/mol. The van der Waals surface area contributed by atoms with E-state index in [0.717, 1.165) is 121 Å². The molecule has 1 atom stereocenters. The van der Waals surface area contributed by atoms with Crippen molar-refractivity contribution in [3.05, 3.63) is 37.0 Å². The fourth-order valence-corrected chi connectivity index (χ4v) is 7.09. The summed E-state index contributed by atoms with van der Waals surface area (Å²) in [7, 11) is -1.05. The first-order chi connectivity index (χ1) is 27.1. The van der Waals surface area contributed by atoms with Gasteiger partial charge in [-0.15, -0.1) is 0 Å². The summed E-state index contributed by atoms with van der Waals surface area (Å²) in [5.41, 5.74) is 0. The highest BCUT2D eigenvalue weighted by atomic mass is 32.2. The van der Waals surface area contributed by atoms with E-state index < -0.39 is 10.8 Å². The minimum atomic E-state index is -1.05. The lowest BCUT2D eigenvalue weighted by atomic mass is 10.1. The molecule has 0 aromatic carbocycles. The second-order valence-corrected chi connectivity index (χ2v) is 16.2. The van der Waals surface area contributed by atoms with Crippen molar-refractivity contribution in [1.29, 1.82) is 0 Å². The highest BCUT2D eigenvalue weighted by Crippen LogP contribution is 2.15. The van der Waals surface area contributed by atoms with E-state index >= 15 is 0 Å². The van der Waals surface area contributed by atoms with Crippen LogP contribution in [0.5, 0.6) is 0 Å². The van der Waals surface area contributed by atoms with E-state index in [9.17, 15) is 13.8 Å². The number of hydrogen-bond acceptors (Lipinski definition) is 8. The molecule has 0 aliphatic rings. The first-order valence-corrected chi connectivity index (χ1v) is 23.4. The summed E-state index contributed by atoms with van der Waals surface area (Å²) < 4.78 is 11.8. The maximum atomic E-state index is 11.8. The largest absolute Gasteiger partial charge is 0.338 e. The number of nitrogens with one attached hydrogen (secondary N) is 6. The number of aromatic amines is 2. The molecule has 2 rings (SSSR count). The normalized spacial score (nSPS) is 11.7. The van der Waals surface area contributed by atoms with Crippen LogP contribution in [0.15, 0.2) is 47.3 Å². The van der Waals surface area contributed by atoms with Gasteiger partial charge in [-0.3, -0.25) is 14.4 Å². The van der Waals surface area contributed by atoms with Crippen LogP contribution in [-0.4, -0.2) is 84.3 Å². The van der Waals surface area contributed by atoms with Crippen molar-refractivity contribution in [2.45, 2.75) is 165 Å². The molecule has 13 nitrogen and oxygen atoms in total. The van der Waals surface area contributed by atoms with E-state index in [1.54, 1.807) is 18.1 Å². The molecule has 0 spiro atoms. The van der Waals surface area contributed by atoms with E-state index in [1.807, 2.05) is 0 Å². The van der Waals surface area contributed by atoms with E-state index in [4.69, 9.17) is 0 Å². The fraction of sp³-hybridized carbons (Fsp3) is 0.750. The van der Waals surface area contributed by atoms with Crippen molar-refractivity contribution >= 4 is 34.6 Å². The summed E-state index contributed by atoms with van der Waals surface area (Å²) in [6.45, 7) is 7.37. The molecule has 0 saturated heterocycles. The van der Waals surface area contributed by atoms with Crippen LogP contribution in [0.25, 0.3) is 0 Å². The zero-order valence-electron chi connectivity index (χ0n) is 34.1. The topological polar surface area (TPSA) is 182 Å². The van der Waals surface area contributed by atoms with Crippen molar-refractivity contribution in [2.75, 3.05) is 37.7 Å². The zero-order chi connectivity index (χ0) is 39.7. The molecule has 15 heteroatoms. The molecule has 0 fully saturated rings. The standard InChI is InChI=1S/C20H37N5O2S.C20H37N5OS/c1-2-3-12-15-21-19(26)22-16-13-10-8-6-4-5-7-9-11-14-17-28(27)20-23-18-24-25-20;1-2-3-12-15-21-19(26)22-16-13-10-8-6-4-5-7-9-11-14-17-27-20-23-18-24-25-20/h4,6,18H,2-3,5,7-17H2,1H3,(H2,21,22,26)(H,23,24,25);4,6,18H,2-3,5,7-17H2,1H3,(H2,21,22,26)(H,23,24,25)/b2*6-4-. The maximum absolute atomic E-state index is 11.8. The Bertz CT molecular complexity index is 1210. The van der Waals surface area contributed by atoms with Gasteiger partial charge in [0, 0.05) is 37.7 Å². The van der Waals surface area contributed by atoms with E-state index in [-0.39, 0.29) is 12.1 Å². The van der Waals surface area contributed by atoms with Crippen LogP contribution < -0.4 is 21.3 Å². The molecule has 2 aromatic heterocycles. The number of rotatable bonds is 34. The second kappa shape index (κ2) is 39.1. The highest BCUT2D eigenvalue weighted by molar-refractivity contribution is 7.99. The summed E-state index contributed by atoms with van der Waals surface area (Å²) in [6.07, 6.45) is 37.0. The van der Waals surface area contributed by atoms with Gasteiger partial charge in [-0.2, -0.15) is 10.2 Å². The Morgan fingerprint density at radius 2 is 1.02 bits per heavy atom. The van der Waals surface area contributed by atoms with Crippen LogP contribution in [0.2, 0.25) is 0 Å². The number of amides is 4. The van der Waals surface area contributed by atoms with Gasteiger partial charge in [0.15, 0.2) is 5.16 Å². The molecule has 6 N–H and O–H groups in total. The quantitative estimate of drug-likeness (QED) is 0.0230. The SMILES string of the molecule is CCCCCNC(=O)NCCCC/C=C\CCCCCCS(=O)c1ncn[nH]1.CCCCCNC(=O)NCCCC/C=C\CCCCCCSc1ncn[nH]1. The van der Waals surface area contributed by atoms with Crippen LogP contribution in [0.3, 0.4) is 0 Å². The molecular formula is C40H74N10O3S2. The molecule has 2 aromatic rings. The molecule has 0 aliphatic carbocycles. The summed E-state index contributed by atoms with van der Waals surface area (Å²) in [6, 6.07) is -0.0721. The van der Waals surface area contributed by atoms with Gasteiger partial charge in [-0.25, -0.2) is 19.6 Å². The van der Waals surface area contributed by atoms with Crippen molar-refractivity contribution in [3.63, 3.8) is 0 Å². The van der Waals surface area contributed by atoms with Gasteiger partial charge in [-0.05, 0) is 89.9 Å². The Balaban J connectivity index is 0.000000550. The van der Waals surface area contributed by atoms with Crippen molar-refractivity contribution < 1.29 is 13.8 Å². The molecular weight excluding hydrogens is 733 g/mol. The number of H-pyrrole nitrogens is 2. The predicted octanol–water partition coefficient (Wildman–Crippen LogP) is 9.14. The second-order valence-electron chi connectivity index (χ2n) is 13.6. The summed E-state index contributed by atoms with van der Waals surface area (Å²) in [5.74, 6) is 1.76. The number of carbonyl (C=O) groups is 2. The van der Waals surface area contributed by atoms with Gasteiger partial charge in [0.1, 0.15) is 12.7 Å². The van der Waals surface area contributed by atoms with E-state index in [1.165, 1.54) is 64.1 Å². The van der Waals surface area contributed by atoms with Gasteiger partial charge in [0.2, 0.25) is 5.16 Å². The lowest BCUT2D eigenvalue weighted by Crippen LogP contribution is -2.36. The van der Waals surface area contributed by atoms with Crippen LogP contribution in [0.1, 0.15) is 155 Å². The molecule has 314 valence electrons. The summed E-state index contributed by atoms with van der Waals surface area (Å²) >= 11 is 1.74. The first kappa shape index (κ1) is 49.8. The zero-order valence-corrected chi connectivity index (χ0v) is 35.7. The highest BCUT2D eigenvalue weighted by Gasteiger charge is 2.06. The Hall–Kier alpha value is -3.20.